The summed E-state index contributed by atoms with van der Waals surface area (Å²) in [5, 5.41) is 6.73. The maximum atomic E-state index is 14.8. The molecule has 3 atom stereocenters. The number of nitrogens with zero attached hydrogens (tertiary/aromatic N) is 3. The molecule has 2 aromatic rings. The Morgan fingerprint density at radius 3 is 2.43 bits per heavy atom. The molecule has 190 valence electrons. The molecule has 2 saturated heterocycles. The van der Waals surface area contributed by atoms with Crippen LogP contribution in [0.5, 0.6) is 0 Å². The summed E-state index contributed by atoms with van der Waals surface area (Å²) in [6, 6.07) is -1.44. The highest BCUT2D eigenvalue weighted by molar-refractivity contribution is 5.97. The average molecular weight is 500 g/mol. The van der Waals surface area contributed by atoms with E-state index in [1.165, 1.54) is 15.8 Å². The van der Waals surface area contributed by atoms with Crippen LogP contribution in [0, 0.1) is 30.4 Å². The lowest BCUT2D eigenvalue weighted by molar-refractivity contribution is -0.140. The van der Waals surface area contributed by atoms with Gasteiger partial charge < -0.3 is 15.0 Å². The number of aromatic nitrogens is 2. The van der Waals surface area contributed by atoms with Crippen molar-refractivity contribution >= 4 is 11.8 Å². The molecule has 12 heteroatoms. The van der Waals surface area contributed by atoms with E-state index in [0.717, 1.165) is 0 Å². The molecule has 35 heavy (non-hydrogen) atoms. The monoisotopic (exact) mass is 500 g/mol. The van der Waals surface area contributed by atoms with Gasteiger partial charge >= 0.3 is 6.18 Å². The summed E-state index contributed by atoms with van der Waals surface area (Å²) in [6.07, 6.45) is -3.19. The van der Waals surface area contributed by atoms with Crippen LogP contribution in [0.2, 0.25) is 0 Å². The van der Waals surface area contributed by atoms with Gasteiger partial charge in [-0.25, -0.2) is 8.78 Å². The number of ether oxygens (including phenoxy) is 1. The minimum atomic E-state index is -5.06. The molecule has 1 aromatic heterocycles. The number of carbonyl (C=O) groups is 2. The molecule has 0 aliphatic carbocycles. The predicted molar refractivity (Wildman–Crippen MR) is 113 cm³/mol. The van der Waals surface area contributed by atoms with Crippen molar-refractivity contribution in [1.29, 1.82) is 0 Å². The largest absolute Gasteiger partial charge is 0.419 e. The highest BCUT2D eigenvalue weighted by Crippen LogP contribution is 2.37. The Kier molecular flexibility index (Phi) is 6.60. The molecule has 0 unspecified atom stereocenters. The van der Waals surface area contributed by atoms with E-state index < -0.39 is 52.8 Å². The molecular weight excluding hydrogens is 475 g/mol. The number of nitrogens with one attached hydrogen (secondary N) is 1. The third-order valence-corrected chi connectivity index (χ3v) is 6.56. The Bertz CT molecular complexity index is 1130. The molecule has 7 nitrogen and oxygen atoms in total. The Morgan fingerprint density at radius 1 is 1.20 bits per heavy atom. The van der Waals surface area contributed by atoms with Crippen molar-refractivity contribution in [3.63, 3.8) is 0 Å². The van der Waals surface area contributed by atoms with Gasteiger partial charge in [-0.15, -0.1) is 0 Å². The van der Waals surface area contributed by atoms with Crippen LogP contribution in [0.3, 0.4) is 0 Å². The normalized spacial score (nSPS) is 21.7. The molecule has 0 saturated carbocycles. The first-order valence-corrected chi connectivity index (χ1v) is 11.1. The second-order valence-corrected chi connectivity index (χ2v) is 9.25. The zero-order valence-corrected chi connectivity index (χ0v) is 19.3. The van der Waals surface area contributed by atoms with Crippen LogP contribution in [0.4, 0.5) is 22.0 Å². The number of alkyl halides is 3. The van der Waals surface area contributed by atoms with Crippen molar-refractivity contribution in [3.05, 3.63) is 52.3 Å². The quantitative estimate of drug-likeness (QED) is 0.639. The van der Waals surface area contributed by atoms with Crippen molar-refractivity contribution in [2.24, 2.45) is 18.9 Å². The fourth-order valence-corrected chi connectivity index (χ4v) is 4.67. The van der Waals surface area contributed by atoms with Gasteiger partial charge in [0, 0.05) is 25.1 Å². The van der Waals surface area contributed by atoms with Crippen LogP contribution in [-0.4, -0.2) is 52.3 Å². The summed E-state index contributed by atoms with van der Waals surface area (Å²) in [6.45, 7) is 4.15. The van der Waals surface area contributed by atoms with E-state index in [1.807, 2.05) is 6.92 Å². The lowest BCUT2D eigenvalue weighted by atomic mass is 9.89. The van der Waals surface area contributed by atoms with Crippen molar-refractivity contribution in [3.8, 4) is 0 Å². The van der Waals surface area contributed by atoms with Gasteiger partial charge in [0.1, 0.15) is 23.4 Å². The number of halogens is 5. The molecule has 2 amide bonds. The maximum absolute atomic E-state index is 14.8. The van der Waals surface area contributed by atoms with Crippen LogP contribution < -0.4 is 5.32 Å². The van der Waals surface area contributed by atoms with Crippen molar-refractivity contribution in [1.82, 2.24) is 20.0 Å². The van der Waals surface area contributed by atoms with E-state index in [-0.39, 0.29) is 31.1 Å². The van der Waals surface area contributed by atoms with Crippen molar-refractivity contribution in [2.45, 2.75) is 38.5 Å². The SMILES string of the molecule is Cc1cnn(C)c1C(=O)N1C[C@H](C)C[C@@H]1C(=O)N[C@@H](c1cc(F)c(C(F)(F)F)cc1F)C1COC1. The fourth-order valence-electron chi connectivity index (χ4n) is 4.67. The van der Waals surface area contributed by atoms with Gasteiger partial charge in [0.2, 0.25) is 5.91 Å². The molecule has 3 heterocycles. The first-order chi connectivity index (χ1) is 16.4. The Morgan fingerprint density at radius 2 is 1.89 bits per heavy atom. The summed E-state index contributed by atoms with van der Waals surface area (Å²) < 4.78 is 74.6. The highest BCUT2D eigenvalue weighted by atomic mass is 19.4. The number of rotatable bonds is 5. The van der Waals surface area contributed by atoms with E-state index in [2.05, 4.69) is 10.4 Å². The fraction of sp³-hybridized carbons (Fsp3) is 0.522. The van der Waals surface area contributed by atoms with Gasteiger partial charge in [0.25, 0.3) is 5.91 Å². The summed E-state index contributed by atoms with van der Waals surface area (Å²) in [5.74, 6) is -4.37. The summed E-state index contributed by atoms with van der Waals surface area (Å²) in [4.78, 5) is 28.0. The zero-order chi connectivity index (χ0) is 25.7. The standard InChI is InChI=1S/C23H25F5N4O3/c1-11-4-18(32(8-11)22(34)20-12(2)7-29-31(20)3)21(33)30-19(13-9-35-10-13)14-5-17(25)15(6-16(14)24)23(26,27)28/h5-7,11,13,18-19H,4,8-10H2,1-3H3,(H,30,33)/t11-,18-,19-/m1/s1. The first kappa shape index (κ1) is 25.1. The summed E-state index contributed by atoms with van der Waals surface area (Å²) in [5.41, 5.74) is -1.15. The van der Waals surface area contributed by atoms with Crippen LogP contribution in [0.15, 0.2) is 18.3 Å². The smallest absolute Gasteiger partial charge is 0.381 e. The molecule has 0 radical (unpaired) electrons. The van der Waals surface area contributed by atoms with E-state index in [9.17, 15) is 31.5 Å². The molecule has 2 aliphatic heterocycles. The Labute approximate surface area is 198 Å². The number of amides is 2. The number of benzene rings is 1. The van der Waals surface area contributed by atoms with Gasteiger partial charge in [-0.3, -0.25) is 14.3 Å². The number of aryl methyl sites for hydroxylation is 2. The lowest BCUT2D eigenvalue weighted by Gasteiger charge is -2.36. The average Bonchev–Trinajstić information content (AvgIpc) is 3.28. The molecular formula is C23H25F5N4O3. The van der Waals surface area contributed by atoms with Crippen molar-refractivity contribution < 1.29 is 36.3 Å². The number of carbonyl (C=O) groups excluding carboxylic acids is 2. The lowest BCUT2D eigenvalue weighted by Crippen LogP contribution is -2.50. The second kappa shape index (κ2) is 9.21. The van der Waals surface area contributed by atoms with Gasteiger partial charge in [-0.05, 0) is 37.0 Å². The minimum Gasteiger partial charge on any atom is -0.381 e. The summed E-state index contributed by atoms with van der Waals surface area (Å²) in [7, 11) is 1.61. The molecule has 0 bridgehead atoms. The number of hydrogen-bond donors (Lipinski definition) is 1. The molecule has 4 rings (SSSR count). The summed E-state index contributed by atoms with van der Waals surface area (Å²) >= 11 is 0. The Balaban J connectivity index is 1.62. The maximum Gasteiger partial charge on any atom is 0.419 e. The van der Waals surface area contributed by atoms with Crippen LogP contribution in [0.1, 0.15) is 46.6 Å². The van der Waals surface area contributed by atoms with Crippen LogP contribution in [-0.2, 0) is 22.8 Å². The van der Waals surface area contributed by atoms with Crippen LogP contribution >= 0.6 is 0 Å². The third-order valence-electron chi connectivity index (χ3n) is 6.56. The van der Waals surface area contributed by atoms with Gasteiger partial charge in [-0.1, -0.05) is 6.92 Å². The zero-order valence-electron chi connectivity index (χ0n) is 19.3. The molecule has 1 aromatic carbocycles. The van der Waals surface area contributed by atoms with Gasteiger partial charge in [0.15, 0.2) is 0 Å². The van der Waals surface area contributed by atoms with E-state index in [0.29, 0.717) is 30.3 Å². The minimum absolute atomic E-state index is 0.00558. The van der Waals surface area contributed by atoms with Gasteiger partial charge in [-0.2, -0.15) is 18.3 Å². The van der Waals surface area contributed by atoms with E-state index in [1.54, 1.807) is 14.0 Å². The molecule has 0 spiro atoms. The third kappa shape index (κ3) is 4.75. The van der Waals surface area contributed by atoms with Crippen LogP contribution in [0.25, 0.3) is 0 Å². The van der Waals surface area contributed by atoms with E-state index >= 15 is 0 Å². The second-order valence-electron chi connectivity index (χ2n) is 9.25. The molecule has 2 fully saturated rings. The molecule has 1 N–H and O–H groups in total. The first-order valence-electron chi connectivity index (χ1n) is 11.1. The van der Waals surface area contributed by atoms with E-state index in [4.69, 9.17) is 4.74 Å². The van der Waals surface area contributed by atoms with Crippen molar-refractivity contribution in [2.75, 3.05) is 19.8 Å². The Hall–Kier alpha value is -3.02. The molecule has 2 aliphatic rings. The van der Waals surface area contributed by atoms with Gasteiger partial charge in [0.05, 0.1) is 31.0 Å². The topological polar surface area (TPSA) is 76.5 Å². The predicted octanol–water partition coefficient (Wildman–Crippen LogP) is 3.38. The number of likely N-dealkylation sites (tertiary alicyclic amines) is 1. The number of hydrogen-bond acceptors (Lipinski definition) is 4. The highest BCUT2D eigenvalue weighted by Gasteiger charge is 2.43.